The quantitative estimate of drug-likeness (QED) is 0.876. The first-order valence-corrected chi connectivity index (χ1v) is 7.12. The smallest absolute Gasteiger partial charge is 0.155 e. The summed E-state index contributed by atoms with van der Waals surface area (Å²) in [4.78, 5) is 2.16. The van der Waals surface area contributed by atoms with Crippen LogP contribution in [0.3, 0.4) is 0 Å². The van der Waals surface area contributed by atoms with Gasteiger partial charge in [-0.2, -0.15) is 5.10 Å². The minimum Gasteiger partial charge on any atom is -0.325 e. The number of hydrogen-bond acceptors (Lipinski definition) is 4. The Labute approximate surface area is 120 Å². The minimum absolute atomic E-state index is 0.764. The topological polar surface area (TPSA) is 41.0 Å². The van der Waals surface area contributed by atoms with E-state index >= 15 is 0 Å². The molecule has 4 nitrogen and oxygen atoms in total. The van der Waals surface area contributed by atoms with Gasteiger partial charge in [-0.15, -0.1) is 5.10 Å². The lowest BCUT2D eigenvalue weighted by molar-refractivity contribution is 0.697. The van der Waals surface area contributed by atoms with E-state index in [1.54, 1.807) is 0 Å². The van der Waals surface area contributed by atoms with Crippen LogP contribution in [0.2, 0.25) is 0 Å². The van der Waals surface area contributed by atoms with Crippen LogP contribution < -0.4 is 10.2 Å². The van der Waals surface area contributed by atoms with Gasteiger partial charge in [0.1, 0.15) is 0 Å². The Morgan fingerprint density at radius 2 is 1.75 bits per heavy atom. The molecule has 0 atom stereocenters. The Morgan fingerprint density at radius 1 is 1.00 bits per heavy atom. The third-order valence-electron chi connectivity index (χ3n) is 3.20. The van der Waals surface area contributed by atoms with E-state index in [1.807, 2.05) is 12.1 Å². The summed E-state index contributed by atoms with van der Waals surface area (Å²) in [6.45, 7) is 8.86. The van der Waals surface area contributed by atoms with Crippen molar-refractivity contribution in [2.75, 3.05) is 18.0 Å². The number of nitrogens with one attached hydrogen (secondary N) is 1. The largest absolute Gasteiger partial charge is 0.325 e. The van der Waals surface area contributed by atoms with Gasteiger partial charge in [-0.1, -0.05) is 24.6 Å². The minimum atomic E-state index is 0.764. The van der Waals surface area contributed by atoms with E-state index in [2.05, 4.69) is 65.5 Å². The Balaban J connectivity index is 2.17. The summed E-state index contributed by atoms with van der Waals surface area (Å²) in [5, 5.41) is 11.9. The molecule has 0 aliphatic rings. The van der Waals surface area contributed by atoms with E-state index < -0.39 is 0 Å². The molecule has 1 N–H and O–H groups in total. The Morgan fingerprint density at radius 3 is 2.30 bits per heavy atom. The number of aromatic nitrogens is 2. The molecule has 0 fully saturated rings. The SMILES string of the molecule is CCNCc1ccc(N(CC)c2ccc(C)cc2)nn1. The van der Waals surface area contributed by atoms with Gasteiger partial charge in [-0.3, -0.25) is 0 Å². The first-order valence-electron chi connectivity index (χ1n) is 7.12. The highest BCUT2D eigenvalue weighted by atomic mass is 15.3. The van der Waals surface area contributed by atoms with Crippen molar-refractivity contribution in [2.24, 2.45) is 0 Å². The number of rotatable bonds is 6. The molecule has 0 saturated carbocycles. The van der Waals surface area contributed by atoms with E-state index in [4.69, 9.17) is 0 Å². The summed E-state index contributed by atoms with van der Waals surface area (Å²) < 4.78 is 0. The molecule has 0 radical (unpaired) electrons. The lowest BCUT2D eigenvalue weighted by Crippen LogP contribution is -2.19. The molecule has 0 unspecified atom stereocenters. The van der Waals surface area contributed by atoms with Gasteiger partial charge in [0.25, 0.3) is 0 Å². The molecule has 0 aliphatic carbocycles. The standard InChI is InChI=1S/C16H22N4/c1-4-17-12-14-8-11-16(19-18-14)20(5-2)15-9-6-13(3)7-10-15/h6-11,17H,4-5,12H2,1-3H3. The van der Waals surface area contributed by atoms with Gasteiger partial charge in [0.05, 0.1) is 5.69 Å². The first kappa shape index (κ1) is 14.5. The predicted octanol–water partition coefficient (Wildman–Crippen LogP) is 3.05. The molecule has 2 rings (SSSR count). The molecule has 1 aromatic heterocycles. The van der Waals surface area contributed by atoms with Gasteiger partial charge in [0.2, 0.25) is 0 Å². The van der Waals surface area contributed by atoms with Crippen molar-refractivity contribution in [2.45, 2.75) is 27.3 Å². The van der Waals surface area contributed by atoms with Crippen LogP contribution in [0.5, 0.6) is 0 Å². The lowest BCUT2D eigenvalue weighted by Gasteiger charge is -2.21. The van der Waals surface area contributed by atoms with E-state index in [0.29, 0.717) is 0 Å². The highest BCUT2D eigenvalue weighted by molar-refractivity contribution is 5.59. The number of hydrogen-bond donors (Lipinski definition) is 1. The highest BCUT2D eigenvalue weighted by Gasteiger charge is 2.09. The highest BCUT2D eigenvalue weighted by Crippen LogP contribution is 2.22. The van der Waals surface area contributed by atoms with Crippen molar-refractivity contribution in [3.63, 3.8) is 0 Å². The third kappa shape index (κ3) is 3.54. The second kappa shape index (κ2) is 7.01. The summed E-state index contributed by atoms with van der Waals surface area (Å²) in [5.74, 6) is 0.886. The van der Waals surface area contributed by atoms with E-state index in [-0.39, 0.29) is 0 Å². The predicted molar refractivity (Wildman–Crippen MR) is 83.3 cm³/mol. The fourth-order valence-electron chi connectivity index (χ4n) is 2.05. The van der Waals surface area contributed by atoms with Gasteiger partial charge >= 0.3 is 0 Å². The fraction of sp³-hybridized carbons (Fsp3) is 0.375. The molecule has 4 heteroatoms. The monoisotopic (exact) mass is 270 g/mol. The fourth-order valence-corrected chi connectivity index (χ4v) is 2.05. The van der Waals surface area contributed by atoms with Crippen molar-refractivity contribution >= 4 is 11.5 Å². The van der Waals surface area contributed by atoms with Crippen LogP contribution in [0.25, 0.3) is 0 Å². The maximum absolute atomic E-state index is 4.34. The van der Waals surface area contributed by atoms with Crippen LogP contribution in [0, 0.1) is 6.92 Å². The molecule has 1 aromatic carbocycles. The summed E-state index contributed by atoms with van der Waals surface area (Å²) in [7, 11) is 0. The zero-order valence-electron chi connectivity index (χ0n) is 12.4. The van der Waals surface area contributed by atoms with Crippen LogP contribution in [0.1, 0.15) is 25.1 Å². The molecule has 0 bridgehead atoms. The zero-order chi connectivity index (χ0) is 14.4. The summed E-state index contributed by atoms with van der Waals surface area (Å²) in [5.41, 5.74) is 3.37. The third-order valence-corrected chi connectivity index (χ3v) is 3.20. The van der Waals surface area contributed by atoms with Gasteiger partial charge in [0, 0.05) is 18.8 Å². The molecule has 0 spiro atoms. The summed E-state index contributed by atoms with van der Waals surface area (Å²) >= 11 is 0. The second-order valence-electron chi connectivity index (χ2n) is 4.74. The molecule has 106 valence electrons. The molecule has 0 amide bonds. The van der Waals surface area contributed by atoms with E-state index in [9.17, 15) is 0 Å². The maximum atomic E-state index is 4.34. The van der Waals surface area contributed by atoms with Crippen molar-refractivity contribution in [3.05, 3.63) is 47.7 Å². The van der Waals surface area contributed by atoms with Gasteiger partial charge in [0.15, 0.2) is 5.82 Å². The summed E-state index contributed by atoms with van der Waals surface area (Å²) in [6, 6.07) is 12.5. The van der Waals surface area contributed by atoms with Crippen LogP contribution in [-0.2, 0) is 6.54 Å². The van der Waals surface area contributed by atoms with E-state index in [0.717, 1.165) is 36.8 Å². The van der Waals surface area contributed by atoms with E-state index in [1.165, 1.54) is 5.56 Å². The molecule has 20 heavy (non-hydrogen) atoms. The normalized spacial score (nSPS) is 10.6. The number of benzene rings is 1. The lowest BCUT2D eigenvalue weighted by atomic mass is 10.2. The Hall–Kier alpha value is -1.94. The average molecular weight is 270 g/mol. The van der Waals surface area contributed by atoms with Gasteiger partial charge in [-0.25, -0.2) is 0 Å². The maximum Gasteiger partial charge on any atom is 0.155 e. The molecule has 0 aliphatic heterocycles. The van der Waals surface area contributed by atoms with Crippen LogP contribution in [-0.4, -0.2) is 23.3 Å². The second-order valence-corrected chi connectivity index (χ2v) is 4.74. The molecule has 1 heterocycles. The van der Waals surface area contributed by atoms with Crippen LogP contribution >= 0.6 is 0 Å². The molecular formula is C16H22N4. The van der Waals surface area contributed by atoms with Crippen LogP contribution in [0.15, 0.2) is 36.4 Å². The van der Waals surface area contributed by atoms with Crippen molar-refractivity contribution in [3.8, 4) is 0 Å². The summed E-state index contributed by atoms with van der Waals surface area (Å²) in [6.07, 6.45) is 0. The average Bonchev–Trinajstić information content (AvgIpc) is 2.49. The molecular weight excluding hydrogens is 248 g/mol. The zero-order valence-corrected chi connectivity index (χ0v) is 12.4. The molecule has 0 saturated heterocycles. The van der Waals surface area contributed by atoms with Gasteiger partial charge < -0.3 is 10.2 Å². The van der Waals surface area contributed by atoms with Crippen LogP contribution in [0.4, 0.5) is 11.5 Å². The van der Waals surface area contributed by atoms with Crippen molar-refractivity contribution in [1.29, 1.82) is 0 Å². The van der Waals surface area contributed by atoms with Gasteiger partial charge in [-0.05, 0) is 44.7 Å². The van der Waals surface area contributed by atoms with Crippen molar-refractivity contribution < 1.29 is 0 Å². The number of nitrogens with zero attached hydrogens (tertiary/aromatic N) is 3. The number of anilines is 2. The number of aryl methyl sites for hydroxylation is 1. The van der Waals surface area contributed by atoms with Crippen molar-refractivity contribution in [1.82, 2.24) is 15.5 Å². The Bertz CT molecular complexity index is 519. The Kier molecular flexibility index (Phi) is 5.07. The molecule has 2 aromatic rings. The first-order chi connectivity index (χ1) is 9.74.